The molecule has 0 saturated heterocycles. The Hall–Kier alpha value is -0.780. The Morgan fingerprint density at radius 1 is 1.39 bits per heavy atom. The molecule has 1 aliphatic carbocycles. The number of nitrogens with one attached hydrogen (secondary N) is 1. The quantitative estimate of drug-likeness (QED) is 0.844. The molecule has 0 radical (unpaired) electrons. The van der Waals surface area contributed by atoms with Gasteiger partial charge in [0.1, 0.15) is 0 Å². The molecule has 18 heavy (non-hydrogen) atoms. The van der Waals surface area contributed by atoms with Crippen LogP contribution in [0.1, 0.15) is 25.7 Å². The van der Waals surface area contributed by atoms with Gasteiger partial charge in [-0.15, -0.1) is 0 Å². The second-order valence-corrected chi connectivity index (χ2v) is 4.97. The molecule has 0 heterocycles. The first-order valence-electron chi connectivity index (χ1n) is 6.32. The van der Waals surface area contributed by atoms with E-state index in [0.717, 1.165) is 0 Å². The van der Waals surface area contributed by atoms with Crippen LogP contribution in [-0.4, -0.2) is 44.2 Å². The number of halogens is 3. The zero-order valence-electron chi connectivity index (χ0n) is 10.9. The maximum Gasteiger partial charge on any atom is 0.391 e. The fourth-order valence-electron chi connectivity index (χ4n) is 2.41. The topological polar surface area (TPSA) is 32.3 Å². The third-order valence-electron chi connectivity index (χ3n) is 3.56. The number of amides is 1. The molecule has 0 aromatic rings. The van der Waals surface area contributed by atoms with Crippen LogP contribution in [0.3, 0.4) is 0 Å². The number of hydrogen-bond acceptors (Lipinski definition) is 2. The lowest BCUT2D eigenvalue weighted by Gasteiger charge is -2.32. The summed E-state index contributed by atoms with van der Waals surface area (Å²) in [5, 5.41) is 2.92. The van der Waals surface area contributed by atoms with Gasteiger partial charge in [0, 0.05) is 26.1 Å². The van der Waals surface area contributed by atoms with Gasteiger partial charge in [-0.3, -0.25) is 4.79 Å². The smallest absolute Gasteiger partial charge is 0.344 e. The van der Waals surface area contributed by atoms with Gasteiger partial charge in [-0.1, -0.05) is 6.42 Å². The highest BCUT2D eigenvalue weighted by atomic mass is 19.4. The SMILES string of the molecule is CNCCN(C)C(=O)C1CCCC(C(F)(F)F)C1. The average Bonchev–Trinajstić information content (AvgIpc) is 2.34. The molecule has 1 rings (SSSR count). The second-order valence-electron chi connectivity index (χ2n) is 4.97. The first-order chi connectivity index (χ1) is 8.36. The highest BCUT2D eigenvalue weighted by molar-refractivity contribution is 5.78. The summed E-state index contributed by atoms with van der Waals surface area (Å²) in [6, 6.07) is 0. The minimum Gasteiger partial charge on any atom is -0.344 e. The van der Waals surface area contributed by atoms with Crippen molar-refractivity contribution in [3.63, 3.8) is 0 Å². The van der Waals surface area contributed by atoms with Crippen molar-refractivity contribution in [2.24, 2.45) is 11.8 Å². The molecule has 0 spiro atoms. The first-order valence-corrected chi connectivity index (χ1v) is 6.32. The summed E-state index contributed by atoms with van der Waals surface area (Å²) in [6.07, 6.45) is -2.99. The van der Waals surface area contributed by atoms with Gasteiger partial charge in [-0.05, 0) is 26.3 Å². The van der Waals surface area contributed by atoms with Crippen LogP contribution >= 0.6 is 0 Å². The van der Waals surface area contributed by atoms with Crippen molar-refractivity contribution in [2.45, 2.75) is 31.9 Å². The molecule has 106 valence electrons. The van der Waals surface area contributed by atoms with Gasteiger partial charge < -0.3 is 10.2 Å². The zero-order valence-corrected chi connectivity index (χ0v) is 10.9. The van der Waals surface area contributed by atoms with Crippen molar-refractivity contribution < 1.29 is 18.0 Å². The van der Waals surface area contributed by atoms with Gasteiger partial charge in [0.05, 0.1) is 5.92 Å². The van der Waals surface area contributed by atoms with Gasteiger partial charge in [0.2, 0.25) is 5.91 Å². The predicted molar refractivity (Wildman–Crippen MR) is 63.1 cm³/mol. The molecule has 3 nitrogen and oxygen atoms in total. The Kier molecular flexibility index (Phi) is 5.44. The molecule has 0 aromatic heterocycles. The van der Waals surface area contributed by atoms with Crippen LogP contribution in [0, 0.1) is 11.8 Å². The number of likely N-dealkylation sites (N-methyl/N-ethyl adjacent to an activating group) is 2. The number of hydrogen-bond donors (Lipinski definition) is 1. The standard InChI is InChI=1S/C12H21F3N2O/c1-16-6-7-17(2)11(18)9-4-3-5-10(8-9)12(13,14)15/h9-10,16H,3-8H2,1-2H3. The summed E-state index contributed by atoms with van der Waals surface area (Å²) in [6.45, 7) is 1.18. The van der Waals surface area contributed by atoms with Gasteiger partial charge in [0.15, 0.2) is 0 Å². The van der Waals surface area contributed by atoms with Crippen molar-refractivity contribution in [1.82, 2.24) is 10.2 Å². The number of carbonyl (C=O) groups is 1. The Bertz CT molecular complexity index is 281. The summed E-state index contributed by atoms with van der Waals surface area (Å²) in [7, 11) is 3.43. The molecule has 1 amide bonds. The van der Waals surface area contributed by atoms with Crippen LogP contribution in [0.4, 0.5) is 13.2 Å². The summed E-state index contributed by atoms with van der Waals surface area (Å²) in [5.74, 6) is -1.93. The molecule has 0 aliphatic heterocycles. The van der Waals surface area contributed by atoms with E-state index >= 15 is 0 Å². The maximum absolute atomic E-state index is 12.6. The van der Waals surface area contributed by atoms with E-state index in [1.807, 2.05) is 0 Å². The molecular weight excluding hydrogens is 245 g/mol. The molecule has 1 aliphatic rings. The van der Waals surface area contributed by atoms with Crippen LogP contribution in [0.2, 0.25) is 0 Å². The fraction of sp³-hybridized carbons (Fsp3) is 0.917. The van der Waals surface area contributed by atoms with Gasteiger partial charge >= 0.3 is 6.18 Å². The Balaban J connectivity index is 2.53. The minimum atomic E-state index is -4.16. The molecule has 1 saturated carbocycles. The molecule has 6 heteroatoms. The maximum atomic E-state index is 12.6. The largest absolute Gasteiger partial charge is 0.391 e. The predicted octanol–water partition coefficient (Wildman–Crippen LogP) is 2.03. The van der Waals surface area contributed by atoms with Crippen LogP contribution in [0.25, 0.3) is 0 Å². The van der Waals surface area contributed by atoms with E-state index < -0.39 is 18.0 Å². The lowest BCUT2D eigenvalue weighted by molar-refractivity contribution is -0.187. The molecule has 2 atom stereocenters. The Labute approximate surface area is 106 Å². The third-order valence-corrected chi connectivity index (χ3v) is 3.56. The molecule has 2 unspecified atom stereocenters. The molecule has 1 fully saturated rings. The van der Waals surface area contributed by atoms with Crippen LogP contribution < -0.4 is 5.32 Å². The van der Waals surface area contributed by atoms with Crippen molar-refractivity contribution in [2.75, 3.05) is 27.2 Å². The van der Waals surface area contributed by atoms with E-state index in [1.54, 1.807) is 14.1 Å². The Morgan fingerprint density at radius 2 is 2.06 bits per heavy atom. The molecular formula is C12H21F3N2O. The molecule has 0 aromatic carbocycles. The Morgan fingerprint density at radius 3 is 2.61 bits per heavy atom. The van der Waals surface area contributed by atoms with Crippen molar-refractivity contribution >= 4 is 5.91 Å². The van der Waals surface area contributed by atoms with E-state index in [2.05, 4.69) is 5.32 Å². The van der Waals surface area contributed by atoms with E-state index in [1.165, 1.54) is 4.90 Å². The lowest BCUT2D eigenvalue weighted by atomic mass is 9.80. The summed E-state index contributed by atoms with van der Waals surface area (Å²) in [4.78, 5) is 13.5. The van der Waals surface area contributed by atoms with Crippen LogP contribution in [0.15, 0.2) is 0 Å². The highest BCUT2D eigenvalue weighted by Crippen LogP contribution is 2.40. The van der Waals surface area contributed by atoms with Gasteiger partial charge in [0.25, 0.3) is 0 Å². The van der Waals surface area contributed by atoms with E-state index in [-0.39, 0.29) is 18.7 Å². The number of rotatable bonds is 4. The normalized spacial score (nSPS) is 24.9. The van der Waals surface area contributed by atoms with Crippen molar-refractivity contribution in [3.05, 3.63) is 0 Å². The summed E-state index contributed by atoms with van der Waals surface area (Å²) < 4.78 is 37.9. The fourth-order valence-corrected chi connectivity index (χ4v) is 2.41. The minimum absolute atomic E-state index is 0.0494. The third kappa shape index (κ3) is 4.15. The highest BCUT2D eigenvalue weighted by Gasteiger charge is 2.43. The summed E-state index contributed by atoms with van der Waals surface area (Å²) >= 11 is 0. The van der Waals surface area contributed by atoms with Gasteiger partial charge in [-0.25, -0.2) is 0 Å². The zero-order chi connectivity index (χ0) is 13.8. The van der Waals surface area contributed by atoms with Crippen LogP contribution in [-0.2, 0) is 4.79 Å². The number of alkyl halides is 3. The summed E-state index contributed by atoms with van der Waals surface area (Å²) in [5.41, 5.74) is 0. The molecule has 0 bridgehead atoms. The van der Waals surface area contributed by atoms with E-state index in [0.29, 0.717) is 25.9 Å². The average molecular weight is 266 g/mol. The van der Waals surface area contributed by atoms with Crippen molar-refractivity contribution in [3.8, 4) is 0 Å². The van der Waals surface area contributed by atoms with Crippen LogP contribution in [0.5, 0.6) is 0 Å². The second kappa shape index (κ2) is 6.41. The monoisotopic (exact) mass is 266 g/mol. The van der Waals surface area contributed by atoms with Gasteiger partial charge in [-0.2, -0.15) is 13.2 Å². The molecule has 1 N–H and O–H groups in total. The first kappa shape index (κ1) is 15.3. The number of nitrogens with zero attached hydrogens (tertiary/aromatic N) is 1. The lowest BCUT2D eigenvalue weighted by Crippen LogP contribution is -2.40. The number of carbonyl (C=O) groups excluding carboxylic acids is 1. The van der Waals surface area contributed by atoms with E-state index in [4.69, 9.17) is 0 Å². The van der Waals surface area contributed by atoms with E-state index in [9.17, 15) is 18.0 Å². The van der Waals surface area contributed by atoms with Crippen molar-refractivity contribution in [1.29, 1.82) is 0 Å².